The molecule has 1 aromatic heterocycles. The van der Waals surface area contributed by atoms with Crippen LogP contribution in [0.15, 0.2) is 34.0 Å². The van der Waals surface area contributed by atoms with E-state index >= 15 is 0 Å². The summed E-state index contributed by atoms with van der Waals surface area (Å²) >= 11 is 5.99. The highest BCUT2D eigenvalue weighted by Gasteiger charge is 2.17. The third-order valence-electron chi connectivity index (χ3n) is 3.36. The third kappa shape index (κ3) is 4.19. The van der Waals surface area contributed by atoms with Crippen molar-refractivity contribution in [2.45, 2.75) is 32.2 Å². The van der Waals surface area contributed by atoms with Crippen LogP contribution in [0, 0.1) is 20.8 Å². The molecule has 0 fully saturated rings. The van der Waals surface area contributed by atoms with Crippen LogP contribution in [0.25, 0.3) is 0 Å². The van der Waals surface area contributed by atoms with Crippen LogP contribution in [-0.2, 0) is 16.6 Å². The lowest BCUT2D eigenvalue weighted by atomic mass is 10.2. The van der Waals surface area contributed by atoms with Gasteiger partial charge in [0.15, 0.2) is 0 Å². The van der Waals surface area contributed by atoms with Gasteiger partial charge in [0.25, 0.3) is 5.56 Å². The molecular formula is C15H18ClN3O3S. The molecule has 2 aromatic rings. The van der Waals surface area contributed by atoms with E-state index in [1.807, 2.05) is 0 Å². The Labute approximate surface area is 140 Å². The van der Waals surface area contributed by atoms with Gasteiger partial charge in [0, 0.05) is 17.6 Å². The summed E-state index contributed by atoms with van der Waals surface area (Å²) in [5.41, 5.74) is 1.68. The average Bonchev–Trinajstić information content (AvgIpc) is 2.46. The maximum absolute atomic E-state index is 12.4. The predicted octanol–water partition coefficient (Wildman–Crippen LogP) is 1.80. The number of rotatable bonds is 5. The van der Waals surface area contributed by atoms with Crippen molar-refractivity contribution in [2.24, 2.45) is 0 Å². The SMILES string of the molecule is Cc1ccc(=O)n(CCNS(=O)(=O)c2cc(C)c(Cl)cc2C)n1. The number of sulfonamides is 1. The molecule has 124 valence electrons. The predicted molar refractivity (Wildman–Crippen MR) is 89.3 cm³/mol. The van der Waals surface area contributed by atoms with Gasteiger partial charge in [-0.15, -0.1) is 0 Å². The molecule has 0 saturated heterocycles. The van der Waals surface area contributed by atoms with Crippen LogP contribution in [0.4, 0.5) is 0 Å². The van der Waals surface area contributed by atoms with Gasteiger partial charge in [-0.3, -0.25) is 4.79 Å². The zero-order chi connectivity index (χ0) is 17.2. The monoisotopic (exact) mass is 355 g/mol. The second-order valence-corrected chi connectivity index (χ2v) is 7.44. The molecular weight excluding hydrogens is 338 g/mol. The Morgan fingerprint density at radius 3 is 2.57 bits per heavy atom. The number of aromatic nitrogens is 2. The fourth-order valence-corrected chi connectivity index (χ4v) is 3.67. The Bertz CT molecular complexity index is 891. The minimum atomic E-state index is -3.68. The Kier molecular flexibility index (Phi) is 5.23. The highest BCUT2D eigenvalue weighted by atomic mass is 35.5. The van der Waals surface area contributed by atoms with E-state index < -0.39 is 10.0 Å². The molecule has 0 radical (unpaired) electrons. The first-order chi connectivity index (χ1) is 10.7. The van der Waals surface area contributed by atoms with Crippen molar-refractivity contribution >= 4 is 21.6 Å². The fraction of sp³-hybridized carbons (Fsp3) is 0.333. The van der Waals surface area contributed by atoms with E-state index in [4.69, 9.17) is 11.6 Å². The molecule has 0 aliphatic rings. The highest BCUT2D eigenvalue weighted by Crippen LogP contribution is 2.23. The molecule has 0 spiro atoms. The standard InChI is InChI=1S/C15H18ClN3O3S/c1-10-9-14(11(2)8-13(10)16)23(21,22)17-6-7-19-15(20)5-4-12(3)18-19/h4-5,8-9,17H,6-7H2,1-3H3. The zero-order valence-electron chi connectivity index (χ0n) is 13.1. The zero-order valence-corrected chi connectivity index (χ0v) is 14.7. The number of halogens is 1. The lowest BCUT2D eigenvalue weighted by molar-refractivity contribution is 0.543. The Balaban J connectivity index is 2.15. The number of hydrogen-bond donors (Lipinski definition) is 1. The van der Waals surface area contributed by atoms with Gasteiger partial charge in [0.05, 0.1) is 17.1 Å². The van der Waals surface area contributed by atoms with E-state index in [1.165, 1.54) is 16.8 Å². The summed E-state index contributed by atoms with van der Waals surface area (Å²) in [4.78, 5) is 11.8. The van der Waals surface area contributed by atoms with E-state index in [2.05, 4.69) is 9.82 Å². The van der Waals surface area contributed by atoms with Gasteiger partial charge in [-0.05, 0) is 50.1 Å². The molecule has 0 atom stereocenters. The number of nitrogens with one attached hydrogen (secondary N) is 1. The molecule has 0 saturated carbocycles. The molecule has 2 rings (SSSR count). The van der Waals surface area contributed by atoms with Gasteiger partial charge in [0.1, 0.15) is 0 Å². The van der Waals surface area contributed by atoms with Crippen molar-refractivity contribution < 1.29 is 8.42 Å². The topological polar surface area (TPSA) is 81.1 Å². The summed E-state index contributed by atoms with van der Waals surface area (Å²) in [7, 11) is -3.68. The number of hydrogen-bond acceptors (Lipinski definition) is 4. The van der Waals surface area contributed by atoms with E-state index in [9.17, 15) is 13.2 Å². The molecule has 0 amide bonds. The highest BCUT2D eigenvalue weighted by molar-refractivity contribution is 7.89. The molecule has 1 heterocycles. The van der Waals surface area contributed by atoms with Gasteiger partial charge >= 0.3 is 0 Å². The molecule has 1 aromatic carbocycles. The van der Waals surface area contributed by atoms with Crippen molar-refractivity contribution in [3.8, 4) is 0 Å². The van der Waals surface area contributed by atoms with Gasteiger partial charge < -0.3 is 0 Å². The average molecular weight is 356 g/mol. The number of nitrogens with zero attached hydrogens (tertiary/aromatic N) is 2. The second-order valence-electron chi connectivity index (χ2n) is 5.30. The van der Waals surface area contributed by atoms with Gasteiger partial charge in [-0.1, -0.05) is 11.6 Å². The Morgan fingerprint density at radius 2 is 1.87 bits per heavy atom. The lowest BCUT2D eigenvalue weighted by Crippen LogP contribution is -2.32. The molecule has 8 heteroatoms. The molecule has 0 bridgehead atoms. The van der Waals surface area contributed by atoms with E-state index in [0.29, 0.717) is 21.8 Å². The normalized spacial score (nSPS) is 11.7. The van der Waals surface area contributed by atoms with Gasteiger partial charge in [-0.25, -0.2) is 17.8 Å². The first-order valence-corrected chi connectivity index (χ1v) is 8.88. The molecule has 0 unspecified atom stereocenters. The second kappa shape index (κ2) is 6.82. The number of aryl methyl sites for hydroxylation is 3. The summed E-state index contributed by atoms with van der Waals surface area (Å²) < 4.78 is 28.5. The molecule has 0 aliphatic carbocycles. The van der Waals surface area contributed by atoms with Crippen LogP contribution in [0.3, 0.4) is 0 Å². The van der Waals surface area contributed by atoms with Crippen molar-refractivity contribution in [2.75, 3.05) is 6.54 Å². The molecule has 1 N–H and O–H groups in total. The Morgan fingerprint density at radius 1 is 1.17 bits per heavy atom. The van der Waals surface area contributed by atoms with Crippen LogP contribution < -0.4 is 10.3 Å². The Hall–Kier alpha value is -1.70. The van der Waals surface area contributed by atoms with Crippen LogP contribution in [0.5, 0.6) is 0 Å². The van der Waals surface area contributed by atoms with Crippen molar-refractivity contribution in [1.29, 1.82) is 0 Å². The molecule has 0 aliphatic heterocycles. The molecule has 23 heavy (non-hydrogen) atoms. The smallest absolute Gasteiger partial charge is 0.266 e. The van der Waals surface area contributed by atoms with Crippen LogP contribution >= 0.6 is 11.6 Å². The summed E-state index contributed by atoms with van der Waals surface area (Å²) in [6.07, 6.45) is 0. The van der Waals surface area contributed by atoms with Crippen LogP contribution in [0.2, 0.25) is 5.02 Å². The van der Waals surface area contributed by atoms with Crippen LogP contribution in [0.1, 0.15) is 16.8 Å². The largest absolute Gasteiger partial charge is 0.268 e. The maximum atomic E-state index is 12.4. The van der Waals surface area contributed by atoms with E-state index in [-0.39, 0.29) is 23.5 Å². The van der Waals surface area contributed by atoms with E-state index in [0.717, 1.165) is 0 Å². The first-order valence-electron chi connectivity index (χ1n) is 7.02. The quantitative estimate of drug-likeness (QED) is 0.886. The minimum absolute atomic E-state index is 0.0693. The summed E-state index contributed by atoms with van der Waals surface area (Å²) in [6.45, 7) is 5.43. The first kappa shape index (κ1) is 17.7. The lowest BCUT2D eigenvalue weighted by Gasteiger charge is -2.11. The summed E-state index contributed by atoms with van der Waals surface area (Å²) in [5.74, 6) is 0. The van der Waals surface area contributed by atoms with E-state index in [1.54, 1.807) is 32.9 Å². The fourth-order valence-electron chi connectivity index (χ4n) is 2.12. The van der Waals surface area contributed by atoms with Crippen LogP contribution in [-0.4, -0.2) is 24.7 Å². The minimum Gasteiger partial charge on any atom is -0.268 e. The van der Waals surface area contributed by atoms with Crippen molar-refractivity contribution in [3.63, 3.8) is 0 Å². The van der Waals surface area contributed by atoms with Crippen molar-refractivity contribution in [3.05, 3.63) is 56.5 Å². The van der Waals surface area contributed by atoms with Gasteiger partial charge in [-0.2, -0.15) is 5.10 Å². The summed E-state index contributed by atoms with van der Waals surface area (Å²) in [6, 6.07) is 6.18. The van der Waals surface area contributed by atoms with Crippen molar-refractivity contribution in [1.82, 2.24) is 14.5 Å². The van der Waals surface area contributed by atoms with Gasteiger partial charge in [0.2, 0.25) is 10.0 Å². The summed E-state index contributed by atoms with van der Waals surface area (Å²) in [5, 5.41) is 4.59. The number of benzene rings is 1. The molecule has 6 nitrogen and oxygen atoms in total. The third-order valence-corrected chi connectivity index (χ3v) is 5.37. The maximum Gasteiger partial charge on any atom is 0.266 e.